The molecule has 0 spiro atoms. The van der Waals surface area contributed by atoms with E-state index in [4.69, 9.17) is 0 Å². The van der Waals surface area contributed by atoms with Crippen LogP contribution in [0.5, 0.6) is 0 Å². The number of anilines is 2. The molecule has 6 nitrogen and oxygen atoms in total. The molecular weight excluding hydrogens is 412 g/mol. The van der Waals surface area contributed by atoms with Crippen LogP contribution in [0.3, 0.4) is 0 Å². The third-order valence-electron chi connectivity index (χ3n) is 6.19. The number of nitrogens with one attached hydrogen (secondary N) is 2. The molecule has 1 saturated carbocycles. The molecule has 33 heavy (non-hydrogen) atoms. The molecule has 1 heterocycles. The van der Waals surface area contributed by atoms with Crippen LogP contribution in [0.1, 0.15) is 58.4 Å². The molecule has 6 heteroatoms. The van der Waals surface area contributed by atoms with E-state index in [-0.39, 0.29) is 11.8 Å². The number of hydrogen-bond donors (Lipinski definition) is 2. The van der Waals surface area contributed by atoms with Crippen molar-refractivity contribution >= 4 is 23.2 Å². The fourth-order valence-corrected chi connectivity index (χ4v) is 4.33. The maximum atomic E-state index is 13.0. The Kier molecular flexibility index (Phi) is 7.47. The van der Waals surface area contributed by atoms with Gasteiger partial charge in [0.05, 0.1) is 5.56 Å². The Bertz CT molecular complexity index is 1090. The van der Waals surface area contributed by atoms with Gasteiger partial charge in [0, 0.05) is 41.9 Å². The Hall–Kier alpha value is -3.51. The number of hydrogen-bond acceptors (Lipinski definition) is 4. The number of carbonyl (C=O) groups excluding carboxylic acids is 2. The number of carbonyl (C=O) groups is 2. The molecule has 1 fully saturated rings. The molecule has 0 aliphatic heterocycles. The van der Waals surface area contributed by atoms with Crippen LogP contribution >= 0.6 is 0 Å². The van der Waals surface area contributed by atoms with Gasteiger partial charge in [0.1, 0.15) is 0 Å². The van der Waals surface area contributed by atoms with Gasteiger partial charge in [-0.25, -0.2) is 0 Å². The first-order valence-corrected chi connectivity index (χ1v) is 11.5. The minimum atomic E-state index is -0.267. The van der Waals surface area contributed by atoms with Crippen molar-refractivity contribution in [3.8, 4) is 0 Å². The zero-order chi connectivity index (χ0) is 23.0. The Balaban J connectivity index is 1.43. The molecule has 4 rings (SSSR count). The number of nitrogens with zero attached hydrogens (tertiary/aromatic N) is 2. The van der Waals surface area contributed by atoms with E-state index in [9.17, 15) is 9.59 Å². The average Bonchev–Trinajstić information content (AvgIpc) is 2.86. The average molecular weight is 443 g/mol. The highest BCUT2D eigenvalue weighted by molar-refractivity contribution is 6.07. The summed E-state index contributed by atoms with van der Waals surface area (Å²) >= 11 is 0. The van der Waals surface area contributed by atoms with Gasteiger partial charge in [0.25, 0.3) is 11.8 Å². The molecular formula is C27H30N4O2. The molecule has 1 aliphatic rings. The Morgan fingerprint density at radius 3 is 2.45 bits per heavy atom. The van der Waals surface area contributed by atoms with Gasteiger partial charge in [0.2, 0.25) is 0 Å². The van der Waals surface area contributed by atoms with Gasteiger partial charge in [0.15, 0.2) is 0 Å². The summed E-state index contributed by atoms with van der Waals surface area (Å²) < 4.78 is 0. The molecule has 0 radical (unpaired) electrons. The number of pyridine rings is 1. The summed E-state index contributed by atoms with van der Waals surface area (Å²) in [7, 11) is 2.17. The highest BCUT2D eigenvalue weighted by Gasteiger charge is 2.19. The van der Waals surface area contributed by atoms with Crippen LogP contribution in [0.2, 0.25) is 0 Å². The van der Waals surface area contributed by atoms with Crippen LogP contribution in [0.4, 0.5) is 11.4 Å². The summed E-state index contributed by atoms with van der Waals surface area (Å²) in [5, 5.41) is 5.88. The smallest absolute Gasteiger partial charge is 0.257 e. The molecule has 0 atom stereocenters. The molecule has 2 amide bonds. The summed E-state index contributed by atoms with van der Waals surface area (Å²) in [5.41, 5.74) is 3.41. The second kappa shape index (κ2) is 10.9. The van der Waals surface area contributed by atoms with Crippen LogP contribution < -0.4 is 10.6 Å². The summed E-state index contributed by atoms with van der Waals surface area (Å²) in [6.07, 6.45) is 9.52. The van der Waals surface area contributed by atoms with E-state index in [2.05, 4.69) is 33.6 Å². The number of aromatic nitrogens is 1. The van der Waals surface area contributed by atoms with E-state index in [1.807, 2.05) is 18.2 Å². The lowest BCUT2D eigenvalue weighted by atomic mass is 9.94. The van der Waals surface area contributed by atoms with Gasteiger partial charge in [-0.2, -0.15) is 0 Å². The van der Waals surface area contributed by atoms with E-state index in [1.54, 1.807) is 42.6 Å². The molecule has 0 saturated heterocycles. The highest BCUT2D eigenvalue weighted by Crippen LogP contribution is 2.25. The van der Waals surface area contributed by atoms with Gasteiger partial charge < -0.3 is 10.6 Å². The molecule has 1 aromatic heterocycles. The van der Waals surface area contributed by atoms with Crippen molar-refractivity contribution in [2.45, 2.75) is 44.7 Å². The number of benzene rings is 2. The second-order valence-electron chi connectivity index (χ2n) is 8.59. The topological polar surface area (TPSA) is 74.3 Å². The fraction of sp³-hybridized carbons (Fsp3) is 0.296. The van der Waals surface area contributed by atoms with E-state index < -0.39 is 0 Å². The fourth-order valence-electron chi connectivity index (χ4n) is 4.33. The normalized spacial score (nSPS) is 14.1. The molecule has 2 aromatic carbocycles. The van der Waals surface area contributed by atoms with Crippen molar-refractivity contribution in [3.05, 3.63) is 89.7 Å². The molecule has 1 aliphatic carbocycles. The van der Waals surface area contributed by atoms with Crippen LogP contribution in [0.15, 0.2) is 73.1 Å². The standard InChI is InChI=1S/C27H30N4O2/c1-31(24-13-3-2-4-14-24)19-22-9-5-6-15-25(22)30-26(32)20-10-7-12-23(17-20)29-27(33)21-11-8-16-28-18-21/h5-12,15-18,24H,2-4,13-14,19H2,1H3,(H,29,33)(H,30,32). The zero-order valence-corrected chi connectivity index (χ0v) is 19.0. The van der Waals surface area contributed by atoms with Crippen LogP contribution in [-0.2, 0) is 6.54 Å². The van der Waals surface area contributed by atoms with E-state index in [0.29, 0.717) is 22.9 Å². The highest BCUT2D eigenvalue weighted by atomic mass is 16.2. The predicted molar refractivity (Wildman–Crippen MR) is 131 cm³/mol. The van der Waals surface area contributed by atoms with Gasteiger partial charge in [-0.05, 0) is 61.9 Å². The Morgan fingerprint density at radius 2 is 1.67 bits per heavy atom. The monoisotopic (exact) mass is 442 g/mol. The van der Waals surface area contributed by atoms with Crippen molar-refractivity contribution in [2.75, 3.05) is 17.7 Å². The number of rotatable bonds is 7. The van der Waals surface area contributed by atoms with Gasteiger partial charge in [-0.15, -0.1) is 0 Å². The van der Waals surface area contributed by atoms with Gasteiger partial charge >= 0.3 is 0 Å². The minimum absolute atomic E-state index is 0.208. The van der Waals surface area contributed by atoms with Gasteiger partial charge in [-0.1, -0.05) is 43.5 Å². The summed E-state index contributed by atoms with van der Waals surface area (Å²) in [6, 6.07) is 18.9. The first-order valence-electron chi connectivity index (χ1n) is 11.5. The third-order valence-corrected chi connectivity index (χ3v) is 6.19. The first kappa shape index (κ1) is 22.7. The van der Waals surface area contributed by atoms with Crippen molar-refractivity contribution in [1.82, 2.24) is 9.88 Å². The van der Waals surface area contributed by atoms with Crippen LogP contribution in [0, 0.1) is 0 Å². The first-order chi connectivity index (χ1) is 16.1. The lowest BCUT2D eigenvalue weighted by Crippen LogP contribution is -2.33. The van der Waals surface area contributed by atoms with Crippen LogP contribution in [0.25, 0.3) is 0 Å². The van der Waals surface area contributed by atoms with E-state index in [0.717, 1.165) is 17.8 Å². The number of amides is 2. The maximum Gasteiger partial charge on any atom is 0.257 e. The quantitative estimate of drug-likeness (QED) is 0.517. The summed E-state index contributed by atoms with van der Waals surface area (Å²) in [5.74, 6) is -0.475. The van der Waals surface area contributed by atoms with Crippen molar-refractivity contribution < 1.29 is 9.59 Å². The van der Waals surface area contributed by atoms with E-state index >= 15 is 0 Å². The molecule has 2 N–H and O–H groups in total. The summed E-state index contributed by atoms with van der Waals surface area (Å²) in [4.78, 5) is 31.8. The predicted octanol–water partition coefficient (Wildman–Crippen LogP) is 5.35. The van der Waals surface area contributed by atoms with Gasteiger partial charge in [-0.3, -0.25) is 19.5 Å². The SMILES string of the molecule is CN(Cc1ccccc1NC(=O)c1cccc(NC(=O)c2cccnc2)c1)C1CCCCC1. The summed E-state index contributed by atoms with van der Waals surface area (Å²) in [6.45, 7) is 0.794. The third kappa shape index (κ3) is 6.05. The van der Waals surface area contributed by atoms with E-state index in [1.165, 1.54) is 38.3 Å². The minimum Gasteiger partial charge on any atom is -0.322 e. The molecule has 0 unspecified atom stereocenters. The van der Waals surface area contributed by atoms with Crippen molar-refractivity contribution in [3.63, 3.8) is 0 Å². The number of para-hydroxylation sites is 1. The second-order valence-corrected chi connectivity index (χ2v) is 8.59. The maximum absolute atomic E-state index is 13.0. The van der Waals surface area contributed by atoms with Crippen molar-refractivity contribution in [1.29, 1.82) is 0 Å². The largest absolute Gasteiger partial charge is 0.322 e. The van der Waals surface area contributed by atoms with Crippen molar-refractivity contribution in [2.24, 2.45) is 0 Å². The van der Waals surface area contributed by atoms with Crippen LogP contribution in [-0.4, -0.2) is 34.8 Å². The Morgan fingerprint density at radius 1 is 0.909 bits per heavy atom. The lowest BCUT2D eigenvalue weighted by Gasteiger charge is -2.31. The molecule has 0 bridgehead atoms. The Labute approximate surface area is 195 Å². The zero-order valence-electron chi connectivity index (χ0n) is 19.0. The molecule has 170 valence electrons. The lowest BCUT2D eigenvalue weighted by molar-refractivity contribution is 0.101. The molecule has 3 aromatic rings.